The minimum atomic E-state index is 0.577. The van der Waals surface area contributed by atoms with Gasteiger partial charge in [0.2, 0.25) is 0 Å². The van der Waals surface area contributed by atoms with Crippen LogP contribution in [0.5, 0.6) is 11.5 Å². The average Bonchev–Trinajstić information content (AvgIpc) is 2.36. The van der Waals surface area contributed by atoms with Gasteiger partial charge >= 0.3 is 0 Å². The second kappa shape index (κ2) is 6.42. The van der Waals surface area contributed by atoms with Crippen molar-refractivity contribution in [2.45, 2.75) is 13.3 Å². The first kappa shape index (κ1) is 14.4. The molecule has 2 aromatic carbocycles. The van der Waals surface area contributed by atoms with Crippen molar-refractivity contribution in [3.63, 3.8) is 0 Å². The van der Waals surface area contributed by atoms with Gasteiger partial charge in [0.25, 0.3) is 0 Å². The fourth-order valence-electron chi connectivity index (χ4n) is 1.84. The number of hydrogen-bond acceptors (Lipinski definition) is 2. The SMILES string of the molecule is Cc1ccc(Oc2ccc(Br)cc2Cl)c(CCN)c1. The van der Waals surface area contributed by atoms with E-state index in [0.717, 1.165) is 22.2 Å². The highest BCUT2D eigenvalue weighted by atomic mass is 79.9. The predicted molar refractivity (Wildman–Crippen MR) is 83.2 cm³/mol. The first-order valence-corrected chi connectivity index (χ1v) is 7.20. The lowest BCUT2D eigenvalue weighted by Gasteiger charge is -2.12. The molecule has 0 aliphatic carbocycles. The van der Waals surface area contributed by atoms with Gasteiger partial charge in [0.1, 0.15) is 11.5 Å². The zero-order valence-electron chi connectivity index (χ0n) is 10.6. The Hall–Kier alpha value is -1.03. The summed E-state index contributed by atoms with van der Waals surface area (Å²) in [5.41, 5.74) is 7.93. The molecule has 0 unspecified atom stereocenters. The van der Waals surface area contributed by atoms with Gasteiger partial charge in [0, 0.05) is 4.47 Å². The second-order valence-electron chi connectivity index (χ2n) is 4.33. The Morgan fingerprint density at radius 3 is 2.58 bits per heavy atom. The number of rotatable bonds is 4. The van der Waals surface area contributed by atoms with E-state index in [0.29, 0.717) is 17.3 Å². The fourth-order valence-corrected chi connectivity index (χ4v) is 2.55. The van der Waals surface area contributed by atoms with Gasteiger partial charge in [-0.1, -0.05) is 45.2 Å². The maximum Gasteiger partial charge on any atom is 0.146 e. The molecule has 0 spiro atoms. The lowest BCUT2D eigenvalue weighted by atomic mass is 10.1. The van der Waals surface area contributed by atoms with Gasteiger partial charge in [-0.2, -0.15) is 0 Å². The van der Waals surface area contributed by atoms with Crippen LogP contribution in [0.3, 0.4) is 0 Å². The molecule has 2 aromatic rings. The smallest absolute Gasteiger partial charge is 0.146 e. The molecule has 0 heterocycles. The maximum absolute atomic E-state index is 6.16. The molecule has 2 nitrogen and oxygen atoms in total. The van der Waals surface area contributed by atoms with Crippen molar-refractivity contribution in [3.8, 4) is 11.5 Å². The summed E-state index contributed by atoms with van der Waals surface area (Å²) in [6, 6.07) is 11.6. The summed E-state index contributed by atoms with van der Waals surface area (Å²) in [6.07, 6.45) is 0.783. The van der Waals surface area contributed by atoms with Crippen molar-refractivity contribution in [1.29, 1.82) is 0 Å². The highest BCUT2D eigenvalue weighted by Gasteiger charge is 2.08. The number of benzene rings is 2. The molecule has 0 radical (unpaired) electrons. The summed E-state index contributed by atoms with van der Waals surface area (Å²) < 4.78 is 6.82. The summed E-state index contributed by atoms with van der Waals surface area (Å²) in [5, 5.41) is 0.577. The van der Waals surface area contributed by atoms with Crippen LogP contribution in [0, 0.1) is 6.92 Å². The molecule has 2 N–H and O–H groups in total. The summed E-state index contributed by atoms with van der Waals surface area (Å²) in [6.45, 7) is 2.64. The summed E-state index contributed by atoms with van der Waals surface area (Å²) in [5.74, 6) is 1.45. The van der Waals surface area contributed by atoms with Gasteiger partial charge in [0.15, 0.2) is 0 Å². The highest BCUT2D eigenvalue weighted by molar-refractivity contribution is 9.10. The lowest BCUT2D eigenvalue weighted by Crippen LogP contribution is -2.04. The largest absolute Gasteiger partial charge is 0.456 e. The van der Waals surface area contributed by atoms with Crippen LogP contribution >= 0.6 is 27.5 Å². The molecule has 0 aliphatic heterocycles. The monoisotopic (exact) mass is 339 g/mol. The average molecular weight is 341 g/mol. The quantitative estimate of drug-likeness (QED) is 0.875. The van der Waals surface area contributed by atoms with Crippen molar-refractivity contribution in [3.05, 3.63) is 57.0 Å². The maximum atomic E-state index is 6.16. The van der Waals surface area contributed by atoms with E-state index in [1.165, 1.54) is 5.56 Å². The molecular weight excluding hydrogens is 326 g/mol. The van der Waals surface area contributed by atoms with E-state index in [4.69, 9.17) is 22.1 Å². The first-order valence-electron chi connectivity index (χ1n) is 6.02. The third-order valence-corrected chi connectivity index (χ3v) is 3.53. The van der Waals surface area contributed by atoms with Crippen LogP contribution in [-0.2, 0) is 6.42 Å². The van der Waals surface area contributed by atoms with Crippen molar-refractivity contribution in [1.82, 2.24) is 0 Å². The molecule has 0 fully saturated rings. The normalized spacial score (nSPS) is 10.5. The van der Waals surface area contributed by atoms with Crippen molar-refractivity contribution in [2.24, 2.45) is 5.73 Å². The van der Waals surface area contributed by atoms with Crippen LogP contribution in [0.1, 0.15) is 11.1 Å². The van der Waals surface area contributed by atoms with Crippen molar-refractivity contribution < 1.29 is 4.74 Å². The van der Waals surface area contributed by atoms with Crippen LogP contribution in [0.4, 0.5) is 0 Å². The van der Waals surface area contributed by atoms with Gasteiger partial charge in [-0.3, -0.25) is 0 Å². The lowest BCUT2D eigenvalue weighted by molar-refractivity contribution is 0.476. The van der Waals surface area contributed by atoms with Crippen molar-refractivity contribution in [2.75, 3.05) is 6.54 Å². The molecule has 100 valence electrons. The number of halogens is 2. The van der Waals surface area contributed by atoms with Gasteiger partial charge in [-0.25, -0.2) is 0 Å². The Bertz CT molecular complexity index is 586. The summed E-state index contributed by atoms with van der Waals surface area (Å²) in [7, 11) is 0. The van der Waals surface area contributed by atoms with Crippen molar-refractivity contribution >= 4 is 27.5 Å². The number of aryl methyl sites for hydroxylation is 1. The van der Waals surface area contributed by atoms with Crippen LogP contribution in [0.15, 0.2) is 40.9 Å². The Morgan fingerprint density at radius 2 is 1.89 bits per heavy atom. The topological polar surface area (TPSA) is 35.2 Å². The number of nitrogens with two attached hydrogens (primary N) is 1. The summed E-state index contributed by atoms with van der Waals surface area (Å²) >= 11 is 9.53. The predicted octanol–water partition coefficient (Wildman–Crippen LogP) is 4.70. The van der Waals surface area contributed by atoms with E-state index < -0.39 is 0 Å². The van der Waals surface area contributed by atoms with E-state index in [2.05, 4.69) is 28.9 Å². The van der Waals surface area contributed by atoms with E-state index in [-0.39, 0.29) is 0 Å². The molecule has 4 heteroatoms. The Kier molecular flexibility index (Phi) is 4.86. The molecule has 0 amide bonds. The molecular formula is C15H15BrClNO. The van der Waals surface area contributed by atoms with Gasteiger partial charge in [-0.15, -0.1) is 0 Å². The number of hydrogen-bond donors (Lipinski definition) is 1. The third kappa shape index (κ3) is 3.72. The van der Waals surface area contributed by atoms with E-state index >= 15 is 0 Å². The molecule has 0 aromatic heterocycles. The molecule has 0 aliphatic rings. The number of ether oxygens (including phenoxy) is 1. The van der Waals surface area contributed by atoms with Crippen LogP contribution in [-0.4, -0.2) is 6.54 Å². The Morgan fingerprint density at radius 1 is 1.16 bits per heavy atom. The third-order valence-electron chi connectivity index (χ3n) is 2.74. The van der Waals surface area contributed by atoms with Crippen LogP contribution in [0.25, 0.3) is 0 Å². The minimum Gasteiger partial charge on any atom is -0.456 e. The van der Waals surface area contributed by atoms with Gasteiger partial charge in [0.05, 0.1) is 5.02 Å². The standard InChI is InChI=1S/C15H15BrClNO/c1-10-2-4-14(11(8-10)6-7-18)19-15-5-3-12(16)9-13(15)17/h2-5,8-9H,6-7,18H2,1H3. The molecule has 19 heavy (non-hydrogen) atoms. The Balaban J connectivity index is 2.32. The zero-order valence-corrected chi connectivity index (χ0v) is 13.0. The Labute approximate surface area is 126 Å². The van der Waals surface area contributed by atoms with Crippen LogP contribution in [0.2, 0.25) is 5.02 Å². The van der Waals surface area contributed by atoms with Gasteiger partial charge in [-0.05, 0) is 49.7 Å². The molecule has 0 saturated heterocycles. The molecule has 0 saturated carbocycles. The summed E-state index contributed by atoms with van der Waals surface area (Å²) in [4.78, 5) is 0. The minimum absolute atomic E-state index is 0.577. The highest BCUT2D eigenvalue weighted by Crippen LogP contribution is 2.33. The fraction of sp³-hybridized carbons (Fsp3) is 0.200. The molecule has 0 bridgehead atoms. The molecule has 2 rings (SSSR count). The second-order valence-corrected chi connectivity index (χ2v) is 5.65. The van der Waals surface area contributed by atoms with E-state index in [1.54, 1.807) is 0 Å². The van der Waals surface area contributed by atoms with E-state index in [9.17, 15) is 0 Å². The molecule has 0 atom stereocenters. The zero-order chi connectivity index (χ0) is 13.8. The first-order chi connectivity index (χ1) is 9.10. The van der Waals surface area contributed by atoms with E-state index in [1.807, 2.05) is 30.3 Å². The van der Waals surface area contributed by atoms with Crippen LogP contribution < -0.4 is 10.5 Å². The van der Waals surface area contributed by atoms with Gasteiger partial charge < -0.3 is 10.5 Å².